The van der Waals surface area contributed by atoms with E-state index in [-0.39, 0.29) is 18.0 Å². The zero-order valence-corrected chi connectivity index (χ0v) is 19.0. The fourth-order valence-corrected chi connectivity index (χ4v) is 5.67. The highest BCUT2D eigenvalue weighted by atomic mass is 32.1. The number of aromatic nitrogens is 1. The maximum atomic E-state index is 13.5. The van der Waals surface area contributed by atoms with Gasteiger partial charge in [-0.1, -0.05) is 36.4 Å². The van der Waals surface area contributed by atoms with Gasteiger partial charge >= 0.3 is 18.3 Å². The Kier molecular flexibility index (Phi) is 6.43. The van der Waals surface area contributed by atoms with Crippen molar-refractivity contribution in [2.24, 2.45) is 0 Å². The Balaban J connectivity index is 1.74. The molecule has 4 aromatic rings. The lowest BCUT2D eigenvalue weighted by Gasteiger charge is -2.08. The summed E-state index contributed by atoms with van der Waals surface area (Å²) in [5, 5.41) is 0.722. The fourth-order valence-electron chi connectivity index (χ4n) is 3.39. The molecule has 0 bridgehead atoms. The van der Waals surface area contributed by atoms with Crippen LogP contribution in [0.2, 0.25) is 0 Å². The predicted octanol–water partition coefficient (Wildman–Crippen LogP) is 7.83. The molecule has 0 saturated carbocycles. The summed E-state index contributed by atoms with van der Waals surface area (Å²) in [6.45, 7) is 1.41. The Bertz CT molecular complexity index is 1350. The molecular weight excluding hydrogens is 500 g/mol. The molecule has 0 aliphatic heterocycles. The smallest absolute Gasteiger partial charge is 0.435 e. The van der Waals surface area contributed by atoms with E-state index in [0.29, 0.717) is 32.5 Å². The number of carbonyl (C=O) groups is 1. The van der Waals surface area contributed by atoms with Crippen LogP contribution < -0.4 is 0 Å². The summed E-state index contributed by atoms with van der Waals surface area (Å²) >= 11 is 1.85. The van der Waals surface area contributed by atoms with Gasteiger partial charge < -0.3 is 4.74 Å². The lowest BCUT2D eigenvalue weighted by Crippen LogP contribution is -2.13. The van der Waals surface area contributed by atoms with Crippen LogP contribution in [0.15, 0.2) is 48.5 Å². The molecule has 2 aromatic carbocycles. The van der Waals surface area contributed by atoms with Crippen LogP contribution >= 0.6 is 22.7 Å². The van der Waals surface area contributed by atoms with Crippen molar-refractivity contribution < 1.29 is 35.9 Å². The molecule has 4 rings (SSSR count). The summed E-state index contributed by atoms with van der Waals surface area (Å²) in [6.07, 6.45) is -9.07. The number of fused-ring (bicyclic) bond motifs is 1. The van der Waals surface area contributed by atoms with Crippen molar-refractivity contribution in [3.05, 3.63) is 75.1 Å². The van der Waals surface area contributed by atoms with Crippen LogP contribution in [-0.2, 0) is 23.5 Å². The summed E-state index contributed by atoms with van der Waals surface area (Å²) in [5.41, 5.74) is -1.19. The van der Waals surface area contributed by atoms with E-state index in [1.807, 2.05) is 0 Å². The molecule has 3 nitrogen and oxygen atoms in total. The summed E-state index contributed by atoms with van der Waals surface area (Å²) in [7, 11) is 0. The van der Waals surface area contributed by atoms with E-state index < -0.39 is 34.5 Å². The maximum absolute atomic E-state index is 13.5. The summed E-state index contributed by atoms with van der Waals surface area (Å²) in [5.74, 6) is -1.10. The van der Waals surface area contributed by atoms with E-state index in [2.05, 4.69) is 4.98 Å². The number of ether oxygens (including phenoxy) is 1. The number of halogens is 6. The molecule has 0 aliphatic rings. The number of rotatable bonds is 5. The van der Waals surface area contributed by atoms with Crippen molar-refractivity contribution in [3.8, 4) is 10.6 Å². The first-order valence-electron chi connectivity index (χ1n) is 9.90. The first kappa shape index (κ1) is 24.2. The highest BCUT2D eigenvalue weighted by Crippen LogP contribution is 2.42. The van der Waals surface area contributed by atoms with E-state index in [9.17, 15) is 31.1 Å². The molecular formula is C23H15F6NO2S2. The predicted molar refractivity (Wildman–Crippen MR) is 118 cm³/mol. The molecule has 0 fully saturated rings. The molecule has 0 radical (unpaired) electrons. The average molecular weight is 516 g/mol. The third-order valence-electron chi connectivity index (χ3n) is 4.81. The summed E-state index contributed by atoms with van der Waals surface area (Å²) in [4.78, 5) is 15.9. The number of hydrogen-bond acceptors (Lipinski definition) is 5. The van der Waals surface area contributed by atoms with Crippen LogP contribution in [0.1, 0.15) is 38.3 Å². The molecule has 0 unspecified atom stereocenters. The van der Waals surface area contributed by atoms with Gasteiger partial charge in [-0.25, -0.2) is 9.78 Å². The van der Waals surface area contributed by atoms with Crippen LogP contribution in [0, 0.1) is 0 Å². The lowest BCUT2D eigenvalue weighted by atomic mass is 10.1. The number of thiophene rings is 1. The molecule has 2 aromatic heterocycles. The van der Waals surface area contributed by atoms with Gasteiger partial charge in [-0.15, -0.1) is 22.7 Å². The molecule has 0 N–H and O–H groups in total. The van der Waals surface area contributed by atoms with Crippen LogP contribution in [0.3, 0.4) is 0 Å². The fraction of sp³-hybridized carbons (Fsp3) is 0.217. The Morgan fingerprint density at radius 2 is 1.71 bits per heavy atom. The molecule has 0 aliphatic carbocycles. The van der Waals surface area contributed by atoms with Gasteiger partial charge in [0.25, 0.3) is 0 Å². The highest BCUT2D eigenvalue weighted by molar-refractivity contribution is 7.21. The number of carbonyl (C=O) groups excluding carboxylic acids is 1. The summed E-state index contributed by atoms with van der Waals surface area (Å²) in [6, 6.07) is 11.8. The van der Waals surface area contributed by atoms with E-state index in [4.69, 9.17) is 4.74 Å². The largest absolute Gasteiger partial charge is 0.462 e. The standard InChI is InChI=1S/C23H15F6NO2S2/c1-2-32-21(31)18-19(23(27,28)29)30-20(34-18)16-8-4-6-13-11-15(33-17(13)16)10-12-5-3-7-14(9-12)22(24,25)26/h3-9,11H,2,10H2,1H3. The topological polar surface area (TPSA) is 39.2 Å². The lowest BCUT2D eigenvalue weighted by molar-refractivity contribution is -0.141. The summed E-state index contributed by atoms with van der Waals surface area (Å²) < 4.78 is 85.0. The van der Waals surface area contributed by atoms with Gasteiger partial charge in [0.1, 0.15) is 9.88 Å². The number of benzene rings is 2. The van der Waals surface area contributed by atoms with Gasteiger partial charge in [0.05, 0.1) is 12.2 Å². The molecule has 0 spiro atoms. The minimum Gasteiger partial charge on any atom is -0.462 e. The van der Waals surface area contributed by atoms with Gasteiger partial charge in [0, 0.05) is 21.6 Å². The minimum absolute atomic E-state index is 0.00782. The van der Waals surface area contributed by atoms with Gasteiger partial charge in [-0.3, -0.25) is 0 Å². The highest BCUT2D eigenvalue weighted by Gasteiger charge is 2.40. The molecule has 0 saturated heterocycles. The van der Waals surface area contributed by atoms with Crippen molar-refractivity contribution in [2.45, 2.75) is 25.7 Å². The molecule has 178 valence electrons. The number of thiazole rings is 1. The molecule has 11 heteroatoms. The first-order chi connectivity index (χ1) is 16.0. The number of hydrogen-bond donors (Lipinski definition) is 0. The first-order valence-corrected chi connectivity index (χ1v) is 11.5. The molecule has 0 atom stereocenters. The second-order valence-electron chi connectivity index (χ2n) is 7.23. The SMILES string of the molecule is CCOC(=O)c1sc(-c2cccc3cc(Cc4cccc(C(F)(F)F)c4)sc23)nc1C(F)(F)F. The van der Waals surface area contributed by atoms with Crippen molar-refractivity contribution in [2.75, 3.05) is 6.61 Å². The second-order valence-corrected chi connectivity index (χ2v) is 9.36. The van der Waals surface area contributed by atoms with E-state index in [0.717, 1.165) is 17.0 Å². The van der Waals surface area contributed by atoms with E-state index in [1.54, 1.807) is 30.3 Å². The van der Waals surface area contributed by atoms with Crippen LogP contribution in [0.4, 0.5) is 26.3 Å². The second kappa shape index (κ2) is 9.03. The zero-order valence-electron chi connectivity index (χ0n) is 17.4. The Morgan fingerprint density at radius 1 is 0.971 bits per heavy atom. The number of esters is 1. The van der Waals surface area contributed by atoms with E-state index in [1.165, 1.54) is 24.3 Å². The number of alkyl halides is 6. The minimum atomic E-state index is -4.84. The number of nitrogens with zero attached hydrogens (tertiary/aromatic N) is 1. The molecule has 2 heterocycles. The maximum Gasteiger partial charge on any atom is 0.435 e. The quantitative estimate of drug-likeness (QED) is 0.201. The van der Waals surface area contributed by atoms with Gasteiger partial charge in [0.15, 0.2) is 5.69 Å². The van der Waals surface area contributed by atoms with Crippen LogP contribution in [0.5, 0.6) is 0 Å². The third-order valence-corrected chi connectivity index (χ3v) is 7.07. The van der Waals surface area contributed by atoms with Gasteiger partial charge in [-0.05, 0) is 30.0 Å². The monoisotopic (exact) mass is 515 g/mol. The van der Waals surface area contributed by atoms with Gasteiger partial charge in [-0.2, -0.15) is 26.3 Å². The van der Waals surface area contributed by atoms with E-state index >= 15 is 0 Å². The normalized spacial score (nSPS) is 12.3. The Hall–Kier alpha value is -2.92. The van der Waals surface area contributed by atoms with Crippen LogP contribution in [0.25, 0.3) is 20.7 Å². The Morgan fingerprint density at radius 3 is 2.38 bits per heavy atom. The van der Waals surface area contributed by atoms with Gasteiger partial charge in [0.2, 0.25) is 0 Å². The van der Waals surface area contributed by atoms with Crippen molar-refractivity contribution in [1.29, 1.82) is 0 Å². The zero-order chi connectivity index (χ0) is 24.7. The Labute approximate surface area is 197 Å². The molecule has 34 heavy (non-hydrogen) atoms. The molecule has 0 amide bonds. The van der Waals surface area contributed by atoms with Crippen LogP contribution in [-0.4, -0.2) is 17.6 Å². The third kappa shape index (κ3) is 4.95. The van der Waals surface area contributed by atoms with Crippen molar-refractivity contribution in [1.82, 2.24) is 4.98 Å². The van der Waals surface area contributed by atoms with Crippen molar-refractivity contribution >= 4 is 38.7 Å². The van der Waals surface area contributed by atoms with Crippen molar-refractivity contribution in [3.63, 3.8) is 0 Å². The average Bonchev–Trinajstić information content (AvgIpc) is 3.37.